The Labute approximate surface area is 98.8 Å². The highest BCUT2D eigenvalue weighted by Gasteiger charge is 2.33. The van der Waals surface area contributed by atoms with Crippen LogP contribution < -0.4 is 10.6 Å². The van der Waals surface area contributed by atoms with E-state index < -0.39 is 5.60 Å². The van der Waals surface area contributed by atoms with E-state index >= 15 is 0 Å². The zero-order valence-corrected chi connectivity index (χ0v) is 9.68. The Morgan fingerprint density at radius 3 is 3.06 bits per heavy atom. The maximum absolute atomic E-state index is 9.91. The number of fused-ring (bicyclic) bond motifs is 1. The lowest BCUT2D eigenvalue weighted by atomic mass is 10.1. The van der Waals surface area contributed by atoms with Crippen molar-refractivity contribution in [2.24, 2.45) is 0 Å². The molecule has 1 unspecified atom stereocenters. The number of nitrogens with two attached hydrogens (primary N) is 1. The fourth-order valence-corrected chi connectivity index (χ4v) is 2.17. The summed E-state index contributed by atoms with van der Waals surface area (Å²) in [5, 5.41) is 9.91. The van der Waals surface area contributed by atoms with Crippen molar-refractivity contribution in [1.82, 2.24) is 4.98 Å². The first-order chi connectivity index (χ1) is 8.03. The van der Waals surface area contributed by atoms with Gasteiger partial charge in [0.1, 0.15) is 5.52 Å². The molecule has 1 fully saturated rings. The number of rotatable bonds is 1. The second kappa shape index (κ2) is 3.37. The molecule has 1 aliphatic rings. The van der Waals surface area contributed by atoms with Crippen LogP contribution in [0.4, 0.5) is 11.7 Å². The van der Waals surface area contributed by atoms with Gasteiger partial charge in [0.15, 0.2) is 5.58 Å². The first-order valence-corrected chi connectivity index (χ1v) is 5.67. The molecular formula is C12H15N3O2. The van der Waals surface area contributed by atoms with Gasteiger partial charge < -0.3 is 20.2 Å². The van der Waals surface area contributed by atoms with Crippen molar-refractivity contribution in [1.29, 1.82) is 0 Å². The minimum absolute atomic E-state index is 0.551. The molecule has 1 aromatic carbocycles. The summed E-state index contributed by atoms with van der Waals surface area (Å²) < 4.78 is 5.65. The van der Waals surface area contributed by atoms with Crippen LogP contribution in [0.2, 0.25) is 0 Å². The molecule has 2 heterocycles. The maximum atomic E-state index is 9.91. The third-order valence-corrected chi connectivity index (χ3v) is 3.12. The normalized spacial score (nSPS) is 24.7. The largest absolute Gasteiger partial charge is 0.423 e. The Kier molecular flexibility index (Phi) is 2.06. The van der Waals surface area contributed by atoms with Gasteiger partial charge >= 0.3 is 0 Å². The van der Waals surface area contributed by atoms with Gasteiger partial charge in [-0.2, -0.15) is 4.98 Å². The molecule has 0 aliphatic carbocycles. The van der Waals surface area contributed by atoms with Crippen molar-refractivity contribution < 1.29 is 9.52 Å². The van der Waals surface area contributed by atoms with Gasteiger partial charge in [0.25, 0.3) is 6.01 Å². The molecule has 5 nitrogen and oxygen atoms in total. The summed E-state index contributed by atoms with van der Waals surface area (Å²) >= 11 is 0. The first kappa shape index (κ1) is 10.4. The van der Waals surface area contributed by atoms with Gasteiger partial charge in [0.05, 0.1) is 12.1 Å². The minimum Gasteiger partial charge on any atom is -0.423 e. The number of hydrogen-bond donors (Lipinski definition) is 2. The summed E-state index contributed by atoms with van der Waals surface area (Å²) in [5.74, 6) is 0. The minimum atomic E-state index is -0.653. The van der Waals surface area contributed by atoms with Gasteiger partial charge in [0, 0.05) is 18.3 Å². The molecule has 0 spiro atoms. The van der Waals surface area contributed by atoms with E-state index in [0.29, 0.717) is 23.8 Å². The number of nitrogens with zero attached hydrogens (tertiary/aromatic N) is 2. The molecular weight excluding hydrogens is 218 g/mol. The SMILES string of the molecule is CC1(O)CCN(c2nc3ccc(N)cc3o2)C1. The number of aromatic nitrogens is 1. The van der Waals surface area contributed by atoms with Gasteiger partial charge in [-0.1, -0.05) is 0 Å². The lowest BCUT2D eigenvalue weighted by Gasteiger charge is -2.16. The molecule has 1 atom stereocenters. The zero-order chi connectivity index (χ0) is 12.0. The summed E-state index contributed by atoms with van der Waals surface area (Å²) in [5.41, 5.74) is 7.17. The third-order valence-electron chi connectivity index (χ3n) is 3.12. The number of aliphatic hydroxyl groups is 1. The Balaban J connectivity index is 1.96. The predicted octanol–water partition coefficient (Wildman–Crippen LogP) is 1.37. The van der Waals surface area contributed by atoms with Crippen LogP contribution in [0, 0.1) is 0 Å². The summed E-state index contributed by atoms with van der Waals surface area (Å²) in [4.78, 5) is 6.35. The number of hydrogen-bond acceptors (Lipinski definition) is 5. The van der Waals surface area contributed by atoms with Gasteiger partial charge in [-0.25, -0.2) is 0 Å². The molecule has 3 rings (SSSR count). The Morgan fingerprint density at radius 1 is 1.53 bits per heavy atom. The fourth-order valence-electron chi connectivity index (χ4n) is 2.17. The predicted molar refractivity (Wildman–Crippen MR) is 65.9 cm³/mol. The van der Waals surface area contributed by atoms with E-state index in [0.717, 1.165) is 18.5 Å². The van der Waals surface area contributed by atoms with E-state index in [2.05, 4.69) is 4.98 Å². The van der Waals surface area contributed by atoms with E-state index in [1.165, 1.54) is 0 Å². The second-order valence-electron chi connectivity index (χ2n) is 4.89. The molecule has 2 aromatic rings. The molecule has 3 N–H and O–H groups in total. The van der Waals surface area contributed by atoms with Crippen LogP contribution in [-0.4, -0.2) is 28.8 Å². The average molecular weight is 233 g/mol. The Bertz CT molecular complexity index is 562. The highest BCUT2D eigenvalue weighted by molar-refractivity contribution is 5.78. The first-order valence-electron chi connectivity index (χ1n) is 5.67. The molecule has 0 saturated carbocycles. The summed E-state index contributed by atoms with van der Waals surface area (Å²) in [6, 6.07) is 5.96. The summed E-state index contributed by atoms with van der Waals surface area (Å²) in [7, 11) is 0. The molecule has 90 valence electrons. The van der Waals surface area contributed by atoms with Crippen LogP contribution in [0.3, 0.4) is 0 Å². The van der Waals surface area contributed by atoms with E-state index in [1.807, 2.05) is 17.9 Å². The monoisotopic (exact) mass is 233 g/mol. The van der Waals surface area contributed by atoms with Crippen molar-refractivity contribution in [2.45, 2.75) is 18.9 Å². The van der Waals surface area contributed by atoms with E-state index in [-0.39, 0.29) is 0 Å². The highest BCUT2D eigenvalue weighted by atomic mass is 16.4. The average Bonchev–Trinajstić information content (AvgIpc) is 2.80. The van der Waals surface area contributed by atoms with Gasteiger partial charge in [0.2, 0.25) is 0 Å². The van der Waals surface area contributed by atoms with E-state index in [9.17, 15) is 5.11 Å². The van der Waals surface area contributed by atoms with E-state index in [1.54, 1.807) is 12.1 Å². The number of oxazole rings is 1. The quantitative estimate of drug-likeness (QED) is 0.727. The number of benzene rings is 1. The molecule has 5 heteroatoms. The van der Waals surface area contributed by atoms with Gasteiger partial charge in [-0.3, -0.25) is 0 Å². The smallest absolute Gasteiger partial charge is 0.298 e. The highest BCUT2D eigenvalue weighted by Crippen LogP contribution is 2.29. The van der Waals surface area contributed by atoms with Crippen molar-refractivity contribution >= 4 is 22.8 Å². The van der Waals surface area contributed by atoms with Crippen LogP contribution >= 0.6 is 0 Å². The van der Waals surface area contributed by atoms with Gasteiger partial charge in [-0.05, 0) is 25.5 Å². The van der Waals surface area contributed by atoms with Crippen LogP contribution in [0.15, 0.2) is 22.6 Å². The lowest BCUT2D eigenvalue weighted by molar-refractivity contribution is 0.0836. The number of anilines is 2. The number of β-amino-alcohol motifs (C(OH)–C–C–N with tert-alkyl or cyclic N) is 1. The van der Waals surface area contributed by atoms with Crippen molar-refractivity contribution in [3.63, 3.8) is 0 Å². The van der Waals surface area contributed by atoms with Crippen molar-refractivity contribution in [3.8, 4) is 0 Å². The van der Waals surface area contributed by atoms with Crippen LogP contribution in [0.25, 0.3) is 11.1 Å². The summed E-state index contributed by atoms with van der Waals surface area (Å²) in [6.07, 6.45) is 0.730. The molecule has 1 aromatic heterocycles. The van der Waals surface area contributed by atoms with Crippen molar-refractivity contribution in [3.05, 3.63) is 18.2 Å². The van der Waals surface area contributed by atoms with Gasteiger partial charge in [-0.15, -0.1) is 0 Å². The maximum Gasteiger partial charge on any atom is 0.298 e. The zero-order valence-electron chi connectivity index (χ0n) is 9.68. The van der Waals surface area contributed by atoms with Crippen LogP contribution in [0.5, 0.6) is 0 Å². The standard InChI is InChI=1S/C12H15N3O2/c1-12(16)4-5-15(7-12)11-14-9-3-2-8(13)6-10(9)17-11/h2-3,6,16H,4-5,7,13H2,1H3. The topological polar surface area (TPSA) is 75.5 Å². The molecule has 1 aliphatic heterocycles. The molecule has 0 radical (unpaired) electrons. The molecule has 0 amide bonds. The fraction of sp³-hybridized carbons (Fsp3) is 0.417. The number of nitrogen functional groups attached to an aromatic ring is 1. The molecule has 1 saturated heterocycles. The van der Waals surface area contributed by atoms with E-state index in [4.69, 9.17) is 10.2 Å². The molecule has 17 heavy (non-hydrogen) atoms. The third kappa shape index (κ3) is 1.82. The second-order valence-corrected chi connectivity index (χ2v) is 4.89. The Morgan fingerprint density at radius 2 is 2.35 bits per heavy atom. The van der Waals surface area contributed by atoms with Crippen LogP contribution in [0.1, 0.15) is 13.3 Å². The van der Waals surface area contributed by atoms with Crippen LogP contribution in [-0.2, 0) is 0 Å². The van der Waals surface area contributed by atoms with Crippen molar-refractivity contribution in [2.75, 3.05) is 23.7 Å². The Hall–Kier alpha value is -1.75. The molecule has 0 bridgehead atoms. The summed E-state index contributed by atoms with van der Waals surface area (Å²) in [6.45, 7) is 3.14. The lowest BCUT2D eigenvalue weighted by Crippen LogP contribution is -2.29.